The summed E-state index contributed by atoms with van der Waals surface area (Å²) in [7, 11) is 1.23. The normalized spacial score (nSPS) is 25.9. The molecule has 100 valence electrons. The highest BCUT2D eigenvalue weighted by atomic mass is 35.5. The summed E-state index contributed by atoms with van der Waals surface area (Å²) in [6.45, 7) is 0. The number of rotatable bonds is 4. The van der Waals surface area contributed by atoms with Crippen molar-refractivity contribution in [3.63, 3.8) is 0 Å². The van der Waals surface area contributed by atoms with E-state index >= 15 is 0 Å². The number of benzene rings is 1. The van der Waals surface area contributed by atoms with Crippen LogP contribution in [-0.4, -0.2) is 22.5 Å². The van der Waals surface area contributed by atoms with Gasteiger partial charge in [-0.15, -0.1) is 0 Å². The Kier molecular flexibility index (Phi) is 5.22. The van der Waals surface area contributed by atoms with E-state index in [-0.39, 0.29) is 0 Å². The zero-order valence-electron chi connectivity index (χ0n) is 10.7. The number of halogens is 1. The SMILES string of the molecule is CNC1CCCC(S(=O)Cc2ccc(Cl)cc2)C1. The molecule has 4 heteroatoms. The predicted molar refractivity (Wildman–Crippen MR) is 78.4 cm³/mol. The Balaban J connectivity index is 1.93. The molecule has 3 atom stereocenters. The Morgan fingerprint density at radius 2 is 2.06 bits per heavy atom. The first-order chi connectivity index (χ1) is 8.69. The summed E-state index contributed by atoms with van der Waals surface area (Å²) < 4.78 is 12.4. The average Bonchev–Trinajstić information content (AvgIpc) is 2.41. The number of hydrogen-bond acceptors (Lipinski definition) is 2. The van der Waals surface area contributed by atoms with Crippen LogP contribution in [-0.2, 0) is 16.6 Å². The van der Waals surface area contributed by atoms with Crippen molar-refractivity contribution in [3.05, 3.63) is 34.9 Å². The molecule has 0 amide bonds. The Morgan fingerprint density at radius 3 is 2.72 bits per heavy atom. The van der Waals surface area contributed by atoms with E-state index in [0.717, 1.165) is 23.4 Å². The second-order valence-electron chi connectivity index (χ2n) is 4.93. The minimum atomic E-state index is -0.769. The van der Waals surface area contributed by atoms with Crippen molar-refractivity contribution in [3.8, 4) is 0 Å². The Labute approximate surface area is 117 Å². The van der Waals surface area contributed by atoms with Crippen molar-refractivity contribution < 1.29 is 4.21 Å². The van der Waals surface area contributed by atoms with Crippen molar-refractivity contribution in [2.45, 2.75) is 42.7 Å². The molecule has 0 radical (unpaired) electrons. The van der Waals surface area contributed by atoms with Gasteiger partial charge < -0.3 is 5.32 Å². The first kappa shape index (κ1) is 14.0. The molecule has 1 saturated carbocycles. The summed E-state index contributed by atoms with van der Waals surface area (Å²) in [6, 6.07) is 8.21. The first-order valence-electron chi connectivity index (χ1n) is 6.48. The predicted octanol–water partition coefficient (Wildman–Crippen LogP) is 3.12. The minimum absolute atomic E-state index is 0.340. The summed E-state index contributed by atoms with van der Waals surface area (Å²) in [6.07, 6.45) is 4.53. The molecule has 1 N–H and O–H groups in total. The summed E-state index contributed by atoms with van der Waals surface area (Å²) >= 11 is 5.85. The fourth-order valence-corrected chi connectivity index (χ4v) is 4.27. The lowest BCUT2D eigenvalue weighted by molar-refractivity contribution is 0.398. The van der Waals surface area contributed by atoms with Gasteiger partial charge in [0.25, 0.3) is 0 Å². The lowest BCUT2D eigenvalue weighted by Crippen LogP contribution is -2.35. The van der Waals surface area contributed by atoms with Gasteiger partial charge in [-0.1, -0.05) is 30.2 Å². The maximum Gasteiger partial charge on any atom is 0.0488 e. The van der Waals surface area contributed by atoms with E-state index in [4.69, 9.17) is 11.6 Å². The van der Waals surface area contributed by atoms with Crippen LogP contribution in [0, 0.1) is 0 Å². The van der Waals surface area contributed by atoms with Crippen LogP contribution in [0.4, 0.5) is 0 Å². The lowest BCUT2D eigenvalue weighted by atomic mass is 9.95. The number of hydrogen-bond donors (Lipinski definition) is 1. The first-order valence-corrected chi connectivity index (χ1v) is 8.24. The maximum atomic E-state index is 12.4. The van der Waals surface area contributed by atoms with Crippen molar-refractivity contribution in [2.24, 2.45) is 0 Å². The van der Waals surface area contributed by atoms with Gasteiger partial charge in [-0.25, -0.2) is 0 Å². The maximum absolute atomic E-state index is 12.4. The molecule has 0 spiro atoms. The Bertz CT molecular complexity index is 407. The van der Waals surface area contributed by atoms with Gasteiger partial charge in [0.2, 0.25) is 0 Å². The van der Waals surface area contributed by atoms with Crippen LogP contribution in [0.15, 0.2) is 24.3 Å². The molecule has 1 aromatic rings. The van der Waals surface area contributed by atoms with Crippen LogP contribution in [0.25, 0.3) is 0 Å². The van der Waals surface area contributed by atoms with Gasteiger partial charge in [0, 0.05) is 32.9 Å². The van der Waals surface area contributed by atoms with E-state index in [9.17, 15) is 4.21 Å². The van der Waals surface area contributed by atoms with Gasteiger partial charge in [0.05, 0.1) is 0 Å². The highest BCUT2D eigenvalue weighted by Crippen LogP contribution is 2.24. The molecule has 18 heavy (non-hydrogen) atoms. The summed E-state index contributed by atoms with van der Waals surface area (Å²) in [5, 5.41) is 4.38. The largest absolute Gasteiger partial charge is 0.317 e. The van der Waals surface area contributed by atoms with Gasteiger partial charge in [-0.05, 0) is 44.0 Å². The van der Waals surface area contributed by atoms with Gasteiger partial charge in [-0.2, -0.15) is 0 Å². The molecule has 0 bridgehead atoms. The molecule has 1 aliphatic carbocycles. The molecule has 1 aromatic carbocycles. The molecule has 0 saturated heterocycles. The van der Waals surface area contributed by atoms with Crippen molar-refractivity contribution in [1.29, 1.82) is 0 Å². The third-order valence-electron chi connectivity index (χ3n) is 3.63. The fraction of sp³-hybridized carbons (Fsp3) is 0.571. The smallest absolute Gasteiger partial charge is 0.0488 e. The summed E-state index contributed by atoms with van der Waals surface area (Å²) in [4.78, 5) is 0. The van der Waals surface area contributed by atoms with E-state index in [1.165, 1.54) is 12.8 Å². The van der Waals surface area contributed by atoms with E-state index in [2.05, 4.69) is 5.32 Å². The monoisotopic (exact) mass is 285 g/mol. The average molecular weight is 286 g/mol. The Hall–Kier alpha value is -0.380. The summed E-state index contributed by atoms with van der Waals surface area (Å²) in [5.41, 5.74) is 1.12. The van der Waals surface area contributed by atoms with E-state index in [1.807, 2.05) is 31.3 Å². The van der Waals surface area contributed by atoms with Crippen LogP contribution >= 0.6 is 11.6 Å². The lowest BCUT2D eigenvalue weighted by Gasteiger charge is -2.28. The molecule has 1 fully saturated rings. The van der Waals surface area contributed by atoms with E-state index < -0.39 is 10.8 Å². The van der Waals surface area contributed by atoms with Crippen molar-refractivity contribution in [1.82, 2.24) is 5.32 Å². The molecular formula is C14H20ClNOS. The number of nitrogens with one attached hydrogen (secondary N) is 1. The highest BCUT2D eigenvalue weighted by molar-refractivity contribution is 7.84. The van der Waals surface area contributed by atoms with Crippen LogP contribution in [0.2, 0.25) is 5.02 Å². The third-order valence-corrected chi connectivity index (χ3v) is 5.67. The van der Waals surface area contributed by atoms with Gasteiger partial charge in [-0.3, -0.25) is 4.21 Å². The molecule has 0 heterocycles. The van der Waals surface area contributed by atoms with E-state index in [1.54, 1.807) is 0 Å². The molecule has 2 nitrogen and oxygen atoms in total. The van der Waals surface area contributed by atoms with Crippen LogP contribution in [0.1, 0.15) is 31.2 Å². The Morgan fingerprint density at radius 1 is 1.33 bits per heavy atom. The van der Waals surface area contributed by atoms with Gasteiger partial charge >= 0.3 is 0 Å². The molecule has 3 unspecified atom stereocenters. The molecule has 0 aromatic heterocycles. The minimum Gasteiger partial charge on any atom is -0.317 e. The third kappa shape index (κ3) is 3.81. The second-order valence-corrected chi connectivity index (χ2v) is 7.08. The van der Waals surface area contributed by atoms with Gasteiger partial charge in [0.1, 0.15) is 0 Å². The molecular weight excluding hydrogens is 266 g/mol. The zero-order valence-corrected chi connectivity index (χ0v) is 12.3. The molecule has 1 aliphatic rings. The van der Waals surface area contributed by atoms with Crippen molar-refractivity contribution in [2.75, 3.05) is 7.05 Å². The van der Waals surface area contributed by atoms with Crippen molar-refractivity contribution >= 4 is 22.4 Å². The highest BCUT2D eigenvalue weighted by Gasteiger charge is 2.25. The van der Waals surface area contributed by atoms with Gasteiger partial charge in [0.15, 0.2) is 0 Å². The quantitative estimate of drug-likeness (QED) is 0.921. The van der Waals surface area contributed by atoms with Crippen LogP contribution in [0.3, 0.4) is 0 Å². The fourth-order valence-electron chi connectivity index (χ4n) is 2.51. The van der Waals surface area contributed by atoms with Crippen LogP contribution < -0.4 is 5.32 Å². The topological polar surface area (TPSA) is 29.1 Å². The standard InChI is InChI=1S/C14H20ClNOS/c1-16-13-3-2-4-14(9-13)18(17)10-11-5-7-12(15)8-6-11/h5-8,13-14,16H,2-4,9-10H2,1H3. The van der Waals surface area contributed by atoms with E-state index in [0.29, 0.717) is 17.0 Å². The molecule has 0 aliphatic heterocycles. The van der Waals surface area contributed by atoms with Crippen LogP contribution in [0.5, 0.6) is 0 Å². The second kappa shape index (κ2) is 6.69. The zero-order chi connectivity index (χ0) is 13.0. The summed E-state index contributed by atoms with van der Waals surface area (Å²) in [5.74, 6) is 0.651. The molecule has 2 rings (SSSR count).